The van der Waals surface area contributed by atoms with E-state index in [2.05, 4.69) is 36.4 Å². The van der Waals surface area contributed by atoms with Crippen molar-refractivity contribution < 1.29 is 9.13 Å². The molecule has 3 rings (SSSR count). The Kier molecular flexibility index (Phi) is 5.81. The normalized spacial score (nSPS) is 10.6. The van der Waals surface area contributed by atoms with Gasteiger partial charge in [0.25, 0.3) is 5.56 Å². The van der Waals surface area contributed by atoms with Gasteiger partial charge in [0.1, 0.15) is 11.6 Å². The Balaban J connectivity index is 1.95. The highest BCUT2D eigenvalue weighted by molar-refractivity contribution is 9.10. The molecule has 0 spiro atoms. The van der Waals surface area contributed by atoms with Crippen LogP contribution in [0.4, 0.5) is 10.3 Å². The first-order valence-electron chi connectivity index (χ1n) is 7.96. The lowest BCUT2D eigenvalue weighted by Crippen LogP contribution is -2.16. The van der Waals surface area contributed by atoms with Gasteiger partial charge in [0.2, 0.25) is 5.95 Å². The Labute approximate surface area is 167 Å². The minimum Gasteiger partial charge on any atom is -0.494 e. The molecule has 9 heteroatoms. The maximum atomic E-state index is 14.3. The highest BCUT2D eigenvalue weighted by atomic mass is 79.9. The number of H-pyrrole nitrogens is 1. The molecule has 2 aromatic carbocycles. The molecule has 28 heavy (non-hydrogen) atoms. The van der Waals surface area contributed by atoms with Crippen LogP contribution in [-0.4, -0.2) is 23.3 Å². The second-order valence-electron chi connectivity index (χ2n) is 5.46. The summed E-state index contributed by atoms with van der Waals surface area (Å²) in [7, 11) is 1.36. The van der Waals surface area contributed by atoms with Crippen LogP contribution in [0.3, 0.4) is 0 Å². The van der Waals surface area contributed by atoms with Crippen molar-refractivity contribution in [2.75, 3.05) is 12.5 Å². The number of nitrogens with zero attached hydrogens (tertiary/aromatic N) is 3. The molecule has 1 heterocycles. The first kappa shape index (κ1) is 19.3. The molecule has 1 aromatic heterocycles. The van der Waals surface area contributed by atoms with E-state index in [0.717, 1.165) is 0 Å². The quantitative estimate of drug-likeness (QED) is 0.464. The third kappa shape index (κ3) is 3.92. The molecule has 140 valence electrons. The number of aromatic amines is 1. The van der Waals surface area contributed by atoms with Crippen LogP contribution in [0, 0.1) is 17.1 Å². The summed E-state index contributed by atoms with van der Waals surface area (Å²) in [6.07, 6.45) is 1.22. The predicted octanol–water partition coefficient (Wildman–Crippen LogP) is 3.66. The van der Waals surface area contributed by atoms with Gasteiger partial charge < -0.3 is 4.74 Å². The molecule has 0 saturated heterocycles. The number of hydrazone groups is 1. The number of nitriles is 1. The Morgan fingerprint density at radius 1 is 1.32 bits per heavy atom. The molecule has 2 N–H and O–H groups in total. The van der Waals surface area contributed by atoms with Gasteiger partial charge in [-0.15, -0.1) is 0 Å². The van der Waals surface area contributed by atoms with Gasteiger partial charge in [0.15, 0.2) is 11.6 Å². The summed E-state index contributed by atoms with van der Waals surface area (Å²) in [4.78, 5) is 18.9. The van der Waals surface area contributed by atoms with Crippen molar-refractivity contribution in [3.8, 4) is 23.1 Å². The summed E-state index contributed by atoms with van der Waals surface area (Å²) in [5.41, 5.74) is 2.82. The lowest BCUT2D eigenvalue weighted by atomic mass is 10.1. The minimum absolute atomic E-state index is 0.0125. The monoisotopic (exact) mass is 441 g/mol. The van der Waals surface area contributed by atoms with Crippen molar-refractivity contribution in [1.82, 2.24) is 9.97 Å². The van der Waals surface area contributed by atoms with Crippen LogP contribution < -0.4 is 15.7 Å². The summed E-state index contributed by atoms with van der Waals surface area (Å²) in [5, 5.41) is 13.2. The average Bonchev–Trinajstić information content (AvgIpc) is 2.71. The van der Waals surface area contributed by atoms with Gasteiger partial charge in [-0.1, -0.05) is 46.3 Å². The smallest absolute Gasteiger partial charge is 0.270 e. The number of anilines is 1. The number of hydrogen-bond donors (Lipinski definition) is 2. The molecular weight excluding hydrogens is 429 g/mol. The average molecular weight is 442 g/mol. The summed E-state index contributed by atoms with van der Waals surface area (Å²) in [6.45, 7) is 0. The fourth-order valence-electron chi connectivity index (χ4n) is 2.42. The lowest BCUT2D eigenvalue weighted by molar-refractivity contribution is 0.386. The number of methoxy groups -OCH3 is 1. The van der Waals surface area contributed by atoms with Crippen LogP contribution in [-0.2, 0) is 0 Å². The summed E-state index contributed by atoms with van der Waals surface area (Å²) < 4.78 is 19.7. The molecule has 0 aliphatic rings. The number of aromatic nitrogens is 2. The first-order valence-corrected chi connectivity index (χ1v) is 8.75. The number of rotatable bonds is 5. The zero-order valence-corrected chi connectivity index (χ0v) is 16.1. The Morgan fingerprint density at radius 3 is 2.75 bits per heavy atom. The Morgan fingerprint density at radius 2 is 2.07 bits per heavy atom. The Bertz CT molecular complexity index is 1140. The van der Waals surface area contributed by atoms with Crippen molar-refractivity contribution >= 4 is 28.1 Å². The molecule has 3 aromatic rings. The molecule has 0 aliphatic heterocycles. The lowest BCUT2D eigenvalue weighted by Gasteiger charge is -2.07. The van der Waals surface area contributed by atoms with Crippen molar-refractivity contribution in [3.05, 3.63) is 74.2 Å². The zero-order valence-electron chi connectivity index (χ0n) is 14.5. The van der Waals surface area contributed by atoms with Crippen molar-refractivity contribution in [1.29, 1.82) is 5.26 Å². The summed E-state index contributed by atoms with van der Waals surface area (Å²) in [6, 6.07) is 13.8. The number of nitrogens with one attached hydrogen (secondary N) is 2. The van der Waals surface area contributed by atoms with Crippen molar-refractivity contribution in [2.24, 2.45) is 5.10 Å². The minimum atomic E-state index is -0.609. The summed E-state index contributed by atoms with van der Waals surface area (Å²) >= 11 is 3.25. The standard InChI is InChI=1S/C19H13BrFN5O2/c1-28-15-8-7-14(20)13(16(15)21)10-23-26-19-24-17(11-5-3-2-4-6-11)12(9-22)18(27)25-19/h2-8,10H,1H3,(H2,24,25,26,27). The van der Waals surface area contributed by atoms with Crippen molar-refractivity contribution in [3.63, 3.8) is 0 Å². The van der Waals surface area contributed by atoms with Gasteiger partial charge >= 0.3 is 0 Å². The van der Waals surface area contributed by atoms with E-state index in [9.17, 15) is 14.4 Å². The van der Waals surface area contributed by atoms with Gasteiger partial charge in [0.05, 0.1) is 19.0 Å². The van der Waals surface area contributed by atoms with Crippen molar-refractivity contribution in [2.45, 2.75) is 0 Å². The molecule has 0 saturated carbocycles. The van der Waals surface area contributed by atoms with E-state index >= 15 is 0 Å². The predicted molar refractivity (Wildman–Crippen MR) is 107 cm³/mol. The molecule has 0 fully saturated rings. The molecule has 0 amide bonds. The highest BCUT2D eigenvalue weighted by Crippen LogP contribution is 2.26. The van der Waals surface area contributed by atoms with E-state index in [4.69, 9.17) is 4.74 Å². The molecule has 0 bridgehead atoms. The highest BCUT2D eigenvalue weighted by Gasteiger charge is 2.13. The topological polar surface area (TPSA) is 103 Å². The maximum Gasteiger partial charge on any atom is 0.270 e. The van der Waals surface area contributed by atoms with Gasteiger partial charge in [-0.3, -0.25) is 9.78 Å². The number of benzene rings is 2. The van der Waals surface area contributed by atoms with E-state index in [1.807, 2.05) is 12.1 Å². The molecule has 0 aliphatic carbocycles. The second kappa shape index (κ2) is 8.45. The Hall–Kier alpha value is -3.51. The maximum absolute atomic E-state index is 14.3. The van der Waals surface area contributed by atoms with Crippen LogP contribution in [0.25, 0.3) is 11.3 Å². The van der Waals surface area contributed by atoms with Crippen LogP contribution in [0.2, 0.25) is 0 Å². The van der Waals surface area contributed by atoms with Crippen LogP contribution in [0.5, 0.6) is 5.75 Å². The molecule has 0 unspecified atom stereocenters. The summed E-state index contributed by atoms with van der Waals surface area (Å²) in [5.74, 6) is -0.506. The van der Waals surface area contributed by atoms with Gasteiger partial charge in [0, 0.05) is 15.6 Å². The van der Waals surface area contributed by atoms with Gasteiger partial charge in [-0.2, -0.15) is 10.4 Å². The second-order valence-corrected chi connectivity index (χ2v) is 6.32. The van der Waals surface area contributed by atoms with E-state index in [0.29, 0.717) is 10.0 Å². The largest absolute Gasteiger partial charge is 0.494 e. The zero-order chi connectivity index (χ0) is 20.1. The number of hydrogen-bond acceptors (Lipinski definition) is 6. The molecule has 0 radical (unpaired) electrons. The fraction of sp³-hybridized carbons (Fsp3) is 0.0526. The first-order chi connectivity index (χ1) is 13.5. The molecule has 7 nitrogen and oxygen atoms in total. The number of halogens is 2. The van der Waals surface area contributed by atoms with Crippen LogP contribution in [0.15, 0.2) is 56.8 Å². The fourth-order valence-corrected chi connectivity index (χ4v) is 2.83. The van der Waals surface area contributed by atoms with E-state index in [1.165, 1.54) is 19.4 Å². The SMILES string of the molecule is COc1ccc(Br)c(C=NNc2nc(-c3ccccc3)c(C#N)c(=O)[nH]2)c1F. The van der Waals surface area contributed by atoms with Gasteiger partial charge in [-0.25, -0.2) is 14.8 Å². The third-order valence-electron chi connectivity index (χ3n) is 3.75. The third-order valence-corrected chi connectivity index (χ3v) is 4.45. The molecule has 0 atom stereocenters. The van der Waals surface area contributed by atoms with E-state index < -0.39 is 11.4 Å². The van der Waals surface area contributed by atoms with Gasteiger partial charge in [-0.05, 0) is 12.1 Å². The van der Waals surface area contributed by atoms with E-state index in [1.54, 1.807) is 30.3 Å². The van der Waals surface area contributed by atoms with Crippen LogP contribution >= 0.6 is 15.9 Å². The number of ether oxygens (including phenoxy) is 1. The molecular formula is C19H13BrFN5O2. The van der Waals surface area contributed by atoms with Crippen LogP contribution in [0.1, 0.15) is 11.1 Å². The van der Waals surface area contributed by atoms with E-state index in [-0.39, 0.29) is 28.5 Å².